The van der Waals surface area contributed by atoms with E-state index in [4.69, 9.17) is 9.31 Å². The second-order valence-corrected chi connectivity index (χ2v) is 9.22. The van der Waals surface area contributed by atoms with Crippen LogP contribution < -0.4 is 0 Å². The van der Waals surface area contributed by atoms with Gasteiger partial charge in [-0.05, 0) is 56.9 Å². The van der Waals surface area contributed by atoms with Gasteiger partial charge in [0.25, 0.3) is 0 Å². The molecule has 134 valence electrons. The summed E-state index contributed by atoms with van der Waals surface area (Å²) in [5, 5.41) is 2.61. The molecule has 0 bridgehead atoms. The molecule has 5 heteroatoms. The molecule has 0 aliphatic carbocycles. The lowest BCUT2D eigenvalue weighted by Crippen LogP contribution is -2.41. The van der Waals surface area contributed by atoms with Crippen molar-refractivity contribution in [2.24, 2.45) is 0 Å². The van der Waals surface area contributed by atoms with Gasteiger partial charge in [0.2, 0.25) is 0 Å². The zero-order valence-corrected chi connectivity index (χ0v) is 17.3. The van der Waals surface area contributed by atoms with Crippen LogP contribution in [0.3, 0.4) is 0 Å². The van der Waals surface area contributed by atoms with Gasteiger partial charge in [0.05, 0.1) is 11.2 Å². The minimum absolute atomic E-state index is 0.340. The average molecular weight is 382 g/mol. The molecule has 1 aliphatic heterocycles. The average Bonchev–Trinajstić information content (AvgIpc) is 3.06. The Hall–Kier alpha value is -1.27. The number of benzene rings is 2. The van der Waals surface area contributed by atoms with Crippen LogP contribution >= 0.6 is 24.0 Å². The normalized spacial score (nSPS) is 19.6. The maximum absolute atomic E-state index is 6.19. The first-order valence-electron chi connectivity index (χ1n) is 8.89. The van der Waals surface area contributed by atoms with Crippen LogP contribution in [-0.2, 0) is 9.31 Å². The third-order valence-corrected chi connectivity index (χ3v) is 7.01. The molecule has 0 saturated carbocycles. The van der Waals surface area contributed by atoms with Crippen LogP contribution in [0, 0.1) is 0 Å². The summed E-state index contributed by atoms with van der Waals surface area (Å²) in [6.07, 6.45) is 2.15. The maximum atomic E-state index is 6.19. The summed E-state index contributed by atoms with van der Waals surface area (Å²) in [7, 11) is -0.354. The summed E-state index contributed by atoms with van der Waals surface area (Å²) in [6.45, 7) is 8.30. The summed E-state index contributed by atoms with van der Waals surface area (Å²) >= 11 is 6.36. The van der Waals surface area contributed by atoms with E-state index in [0.29, 0.717) is 5.75 Å². The molecular weight excluding hydrogens is 359 g/mol. The third kappa shape index (κ3) is 3.01. The van der Waals surface area contributed by atoms with E-state index in [2.05, 4.69) is 88.9 Å². The summed E-state index contributed by atoms with van der Waals surface area (Å²) in [6, 6.07) is 15.2. The predicted octanol–water partition coefficient (Wildman–Crippen LogP) is 6.00. The smallest absolute Gasteiger partial charge is 0.400 e. The number of hydrogen-bond acceptors (Lipinski definition) is 4. The number of rotatable bonds is 3. The van der Waals surface area contributed by atoms with Crippen molar-refractivity contribution >= 4 is 57.3 Å². The fourth-order valence-electron chi connectivity index (χ4n) is 3.23. The number of hydrogen-bond donors (Lipinski definition) is 1. The van der Waals surface area contributed by atoms with Crippen molar-refractivity contribution in [3.8, 4) is 0 Å². The number of thiophene rings is 1. The Balaban J connectivity index is 1.73. The highest BCUT2D eigenvalue weighted by atomic mass is 32.1. The van der Waals surface area contributed by atoms with Gasteiger partial charge in [0.1, 0.15) is 0 Å². The summed E-state index contributed by atoms with van der Waals surface area (Å²) in [5.74, 6) is 0.596. The lowest BCUT2D eigenvalue weighted by Gasteiger charge is -2.32. The molecule has 1 aliphatic rings. The molecule has 2 aromatic carbocycles. The van der Waals surface area contributed by atoms with Gasteiger partial charge in [-0.3, -0.25) is 0 Å². The quantitative estimate of drug-likeness (QED) is 0.442. The molecule has 0 spiro atoms. The van der Waals surface area contributed by atoms with Gasteiger partial charge >= 0.3 is 7.12 Å². The molecule has 0 amide bonds. The second kappa shape index (κ2) is 6.41. The SMILES string of the molecule is CC1(C)OB(C(=Cc2ccc3sc4ccccc4c3c2)CS)OC1(C)C. The summed E-state index contributed by atoms with van der Waals surface area (Å²) in [5.41, 5.74) is 1.52. The highest BCUT2D eigenvalue weighted by molar-refractivity contribution is 7.80. The van der Waals surface area contributed by atoms with Gasteiger partial charge < -0.3 is 9.31 Å². The van der Waals surface area contributed by atoms with E-state index < -0.39 is 0 Å². The highest BCUT2D eigenvalue weighted by Gasteiger charge is 2.52. The molecule has 3 aromatic rings. The maximum Gasteiger partial charge on any atom is 0.491 e. The van der Waals surface area contributed by atoms with E-state index in [-0.39, 0.29) is 18.3 Å². The first kappa shape index (κ1) is 18.1. The minimum atomic E-state index is -0.354. The van der Waals surface area contributed by atoms with Crippen LogP contribution in [0.2, 0.25) is 0 Å². The minimum Gasteiger partial charge on any atom is -0.400 e. The van der Waals surface area contributed by atoms with Crippen molar-refractivity contribution < 1.29 is 9.31 Å². The Labute approximate surface area is 164 Å². The Morgan fingerprint density at radius 2 is 1.65 bits per heavy atom. The molecule has 0 atom stereocenters. The van der Waals surface area contributed by atoms with Gasteiger partial charge in [0.15, 0.2) is 0 Å². The van der Waals surface area contributed by atoms with Crippen molar-refractivity contribution in [1.82, 2.24) is 0 Å². The molecule has 1 fully saturated rings. The largest absolute Gasteiger partial charge is 0.491 e. The summed E-state index contributed by atoms with van der Waals surface area (Å²) in [4.78, 5) is 0. The van der Waals surface area contributed by atoms with Crippen LogP contribution in [0.15, 0.2) is 47.9 Å². The van der Waals surface area contributed by atoms with E-state index >= 15 is 0 Å². The fraction of sp³-hybridized carbons (Fsp3) is 0.333. The monoisotopic (exact) mass is 382 g/mol. The van der Waals surface area contributed by atoms with E-state index in [1.165, 1.54) is 20.2 Å². The molecule has 0 N–H and O–H groups in total. The Kier molecular flexibility index (Phi) is 4.47. The topological polar surface area (TPSA) is 18.5 Å². The Bertz CT molecular complexity index is 988. The van der Waals surface area contributed by atoms with Gasteiger partial charge in [-0.25, -0.2) is 0 Å². The van der Waals surface area contributed by atoms with Gasteiger partial charge in [0, 0.05) is 25.9 Å². The highest BCUT2D eigenvalue weighted by Crippen LogP contribution is 2.39. The molecule has 2 nitrogen and oxygen atoms in total. The van der Waals surface area contributed by atoms with E-state index in [9.17, 15) is 0 Å². The molecule has 1 saturated heterocycles. The van der Waals surface area contributed by atoms with Gasteiger partial charge in [-0.15, -0.1) is 11.3 Å². The van der Waals surface area contributed by atoms with E-state index in [0.717, 1.165) is 11.0 Å². The summed E-state index contributed by atoms with van der Waals surface area (Å²) < 4.78 is 15.0. The van der Waals surface area contributed by atoms with Crippen molar-refractivity contribution in [3.63, 3.8) is 0 Å². The molecular formula is C21H23BO2S2. The first-order valence-corrected chi connectivity index (χ1v) is 10.3. The van der Waals surface area contributed by atoms with Crippen molar-refractivity contribution in [3.05, 3.63) is 53.5 Å². The zero-order valence-electron chi connectivity index (χ0n) is 15.6. The fourth-order valence-corrected chi connectivity index (χ4v) is 4.56. The van der Waals surface area contributed by atoms with Crippen molar-refractivity contribution in [2.75, 3.05) is 5.75 Å². The predicted molar refractivity (Wildman–Crippen MR) is 117 cm³/mol. The molecule has 0 unspecified atom stereocenters. The standard InChI is InChI=1S/C21H23BO2S2/c1-20(2)21(3,4)24-22(23-20)15(13-25)11-14-9-10-19-17(12-14)16-7-5-6-8-18(16)26-19/h5-12,25H,13H2,1-4H3. The van der Waals surface area contributed by atoms with Crippen LogP contribution in [0.5, 0.6) is 0 Å². The molecule has 2 heterocycles. The zero-order chi connectivity index (χ0) is 18.5. The molecule has 4 rings (SSSR count). The van der Waals surface area contributed by atoms with Crippen LogP contribution in [0.4, 0.5) is 0 Å². The third-order valence-electron chi connectivity index (χ3n) is 5.49. The number of fused-ring (bicyclic) bond motifs is 3. The first-order chi connectivity index (χ1) is 12.3. The van der Waals surface area contributed by atoms with Crippen molar-refractivity contribution in [1.29, 1.82) is 0 Å². The van der Waals surface area contributed by atoms with Crippen LogP contribution in [0.25, 0.3) is 26.2 Å². The van der Waals surface area contributed by atoms with Gasteiger partial charge in [-0.1, -0.05) is 30.3 Å². The molecule has 0 radical (unpaired) electrons. The Morgan fingerprint density at radius 3 is 2.35 bits per heavy atom. The molecule has 1 aromatic heterocycles. The van der Waals surface area contributed by atoms with Crippen molar-refractivity contribution in [2.45, 2.75) is 38.9 Å². The lowest BCUT2D eigenvalue weighted by atomic mass is 9.78. The lowest BCUT2D eigenvalue weighted by molar-refractivity contribution is 0.00578. The van der Waals surface area contributed by atoms with Crippen LogP contribution in [0.1, 0.15) is 33.3 Å². The Morgan fingerprint density at radius 1 is 1.00 bits per heavy atom. The van der Waals surface area contributed by atoms with E-state index in [1.54, 1.807) is 0 Å². The molecule has 26 heavy (non-hydrogen) atoms. The van der Waals surface area contributed by atoms with Gasteiger partial charge in [-0.2, -0.15) is 12.6 Å². The van der Waals surface area contributed by atoms with E-state index in [1.807, 2.05) is 11.3 Å². The van der Waals surface area contributed by atoms with Crippen LogP contribution in [-0.4, -0.2) is 24.1 Å². The number of thiol groups is 1. The second-order valence-electron chi connectivity index (χ2n) is 7.82.